The summed E-state index contributed by atoms with van der Waals surface area (Å²) in [7, 11) is 0. The van der Waals surface area contributed by atoms with Gasteiger partial charge in [0.25, 0.3) is 0 Å². The molecule has 1 unspecified atom stereocenters. The van der Waals surface area contributed by atoms with E-state index in [2.05, 4.69) is 15.5 Å². The first-order valence-corrected chi connectivity index (χ1v) is 6.11. The van der Waals surface area contributed by atoms with Crippen LogP contribution in [0.2, 0.25) is 0 Å². The number of nitrogens with zero attached hydrogens (tertiary/aromatic N) is 3. The Morgan fingerprint density at radius 1 is 1.20 bits per heavy atom. The highest BCUT2D eigenvalue weighted by atomic mass is 35.5. The standard InChI is InChI=1S/C13H17N5O.ClH/c1-9(2)12(14)13(19)17-10-3-5-11(6-4-10)18-15-7-8-16-18;/h3-9,12H,14H2,1-2H3,(H,17,19);1H. The van der Waals surface area contributed by atoms with E-state index in [0.717, 1.165) is 5.69 Å². The van der Waals surface area contributed by atoms with Crippen LogP contribution in [0.4, 0.5) is 5.69 Å². The molecule has 2 rings (SSSR count). The van der Waals surface area contributed by atoms with Crippen LogP contribution in [0.1, 0.15) is 13.8 Å². The average Bonchev–Trinajstić information content (AvgIpc) is 2.92. The number of hydrogen-bond donors (Lipinski definition) is 2. The number of rotatable bonds is 4. The first-order chi connectivity index (χ1) is 9.08. The van der Waals surface area contributed by atoms with Crippen molar-refractivity contribution in [2.24, 2.45) is 11.7 Å². The van der Waals surface area contributed by atoms with Crippen molar-refractivity contribution < 1.29 is 4.79 Å². The van der Waals surface area contributed by atoms with E-state index in [1.54, 1.807) is 24.5 Å². The van der Waals surface area contributed by atoms with Gasteiger partial charge in [-0.25, -0.2) is 0 Å². The summed E-state index contributed by atoms with van der Waals surface area (Å²) in [5.41, 5.74) is 7.31. The van der Waals surface area contributed by atoms with Crippen LogP contribution in [-0.4, -0.2) is 26.9 Å². The molecule has 2 aromatic rings. The van der Waals surface area contributed by atoms with Crippen LogP contribution in [0.25, 0.3) is 5.69 Å². The Hall–Kier alpha value is -1.92. The Morgan fingerprint density at radius 3 is 2.25 bits per heavy atom. The van der Waals surface area contributed by atoms with E-state index < -0.39 is 6.04 Å². The van der Waals surface area contributed by atoms with Gasteiger partial charge in [0.05, 0.1) is 24.1 Å². The molecule has 0 aliphatic heterocycles. The van der Waals surface area contributed by atoms with Crippen molar-refractivity contribution in [1.82, 2.24) is 15.0 Å². The van der Waals surface area contributed by atoms with Crippen LogP contribution in [0.15, 0.2) is 36.7 Å². The van der Waals surface area contributed by atoms with Crippen molar-refractivity contribution >= 4 is 24.0 Å². The lowest BCUT2D eigenvalue weighted by atomic mass is 10.0. The van der Waals surface area contributed by atoms with Crippen molar-refractivity contribution in [1.29, 1.82) is 0 Å². The summed E-state index contributed by atoms with van der Waals surface area (Å²) < 4.78 is 0. The molecule has 3 N–H and O–H groups in total. The lowest BCUT2D eigenvalue weighted by Crippen LogP contribution is -2.39. The maximum absolute atomic E-state index is 11.8. The van der Waals surface area contributed by atoms with Crippen molar-refractivity contribution in [3.63, 3.8) is 0 Å². The molecule has 7 heteroatoms. The van der Waals surface area contributed by atoms with Crippen LogP contribution >= 0.6 is 12.4 Å². The van der Waals surface area contributed by atoms with Gasteiger partial charge < -0.3 is 11.1 Å². The first-order valence-electron chi connectivity index (χ1n) is 6.11. The van der Waals surface area contributed by atoms with Gasteiger partial charge >= 0.3 is 0 Å². The molecule has 0 aliphatic rings. The summed E-state index contributed by atoms with van der Waals surface area (Å²) >= 11 is 0. The summed E-state index contributed by atoms with van der Waals surface area (Å²) in [6, 6.07) is 6.74. The van der Waals surface area contributed by atoms with Crippen molar-refractivity contribution in [2.75, 3.05) is 5.32 Å². The van der Waals surface area contributed by atoms with E-state index in [-0.39, 0.29) is 24.2 Å². The number of halogens is 1. The van der Waals surface area contributed by atoms with Gasteiger partial charge in [0, 0.05) is 5.69 Å². The molecule has 0 fully saturated rings. The molecule has 0 saturated heterocycles. The highest BCUT2D eigenvalue weighted by molar-refractivity contribution is 5.94. The maximum atomic E-state index is 11.8. The molecule has 0 spiro atoms. The second-order valence-electron chi connectivity index (χ2n) is 4.62. The third kappa shape index (κ3) is 3.79. The number of nitrogens with two attached hydrogens (primary N) is 1. The van der Waals surface area contributed by atoms with Crippen LogP contribution < -0.4 is 11.1 Å². The number of nitrogens with one attached hydrogen (secondary N) is 1. The quantitative estimate of drug-likeness (QED) is 0.897. The Bertz CT molecular complexity index is 538. The third-order valence-corrected chi connectivity index (χ3v) is 2.81. The van der Waals surface area contributed by atoms with E-state index in [1.807, 2.05) is 26.0 Å². The number of benzene rings is 1. The first kappa shape index (κ1) is 16.1. The lowest BCUT2D eigenvalue weighted by Gasteiger charge is -2.15. The fourth-order valence-electron chi connectivity index (χ4n) is 1.56. The molecule has 1 aromatic carbocycles. The molecular weight excluding hydrogens is 278 g/mol. The minimum atomic E-state index is -0.507. The zero-order valence-corrected chi connectivity index (χ0v) is 12.2. The van der Waals surface area contributed by atoms with E-state index >= 15 is 0 Å². The Morgan fingerprint density at radius 2 is 1.75 bits per heavy atom. The number of hydrogen-bond acceptors (Lipinski definition) is 4. The molecule has 0 bridgehead atoms. The molecule has 6 nitrogen and oxygen atoms in total. The molecule has 0 saturated carbocycles. The van der Waals surface area contributed by atoms with Gasteiger partial charge in [-0.1, -0.05) is 13.8 Å². The number of carbonyl (C=O) groups is 1. The molecule has 20 heavy (non-hydrogen) atoms. The molecule has 108 valence electrons. The average molecular weight is 296 g/mol. The molecular formula is C13H18ClN5O. The van der Waals surface area contributed by atoms with Crippen LogP contribution in [-0.2, 0) is 4.79 Å². The summed E-state index contributed by atoms with van der Waals surface area (Å²) in [6.45, 7) is 3.83. The molecule has 0 aliphatic carbocycles. The SMILES string of the molecule is CC(C)C(N)C(=O)Nc1ccc(-n2nccn2)cc1.Cl. The zero-order valence-electron chi connectivity index (χ0n) is 11.4. The number of amides is 1. The van der Waals surface area contributed by atoms with Gasteiger partial charge in [-0.2, -0.15) is 15.0 Å². The zero-order chi connectivity index (χ0) is 13.8. The predicted octanol–water partition coefficient (Wildman–Crippen LogP) is 1.61. The second kappa shape index (κ2) is 7.02. The summed E-state index contributed by atoms with van der Waals surface area (Å²) in [5, 5.41) is 10.8. The second-order valence-corrected chi connectivity index (χ2v) is 4.62. The minimum absolute atomic E-state index is 0. The molecule has 1 amide bonds. The highest BCUT2D eigenvalue weighted by Gasteiger charge is 2.16. The van der Waals surface area contributed by atoms with Crippen molar-refractivity contribution in [3.8, 4) is 5.69 Å². The van der Waals surface area contributed by atoms with Gasteiger partial charge in [0.2, 0.25) is 5.91 Å². The van der Waals surface area contributed by atoms with Gasteiger partial charge in [-0.15, -0.1) is 12.4 Å². The van der Waals surface area contributed by atoms with Crippen LogP contribution in [0.5, 0.6) is 0 Å². The monoisotopic (exact) mass is 295 g/mol. The predicted molar refractivity (Wildman–Crippen MR) is 80.1 cm³/mol. The topological polar surface area (TPSA) is 85.8 Å². The third-order valence-electron chi connectivity index (χ3n) is 2.81. The molecule has 1 aromatic heterocycles. The maximum Gasteiger partial charge on any atom is 0.241 e. The van der Waals surface area contributed by atoms with Crippen molar-refractivity contribution in [2.45, 2.75) is 19.9 Å². The number of anilines is 1. The van der Waals surface area contributed by atoms with Crippen LogP contribution in [0, 0.1) is 5.92 Å². The Kier molecular flexibility index (Phi) is 5.66. The molecule has 0 radical (unpaired) electrons. The Labute approximate surface area is 123 Å². The summed E-state index contributed by atoms with van der Waals surface area (Å²) in [5.74, 6) is -0.0764. The normalized spacial score (nSPS) is 11.8. The van der Waals surface area contributed by atoms with Gasteiger partial charge in [-0.3, -0.25) is 4.79 Å². The lowest BCUT2D eigenvalue weighted by molar-refractivity contribution is -0.118. The number of carbonyl (C=O) groups excluding carboxylic acids is 1. The van der Waals surface area contributed by atoms with Gasteiger partial charge in [0.1, 0.15) is 0 Å². The molecule has 1 heterocycles. The number of aromatic nitrogens is 3. The Balaban J connectivity index is 0.00000200. The summed E-state index contributed by atoms with van der Waals surface area (Å²) in [6.07, 6.45) is 3.22. The van der Waals surface area contributed by atoms with E-state index in [4.69, 9.17) is 5.73 Å². The highest BCUT2D eigenvalue weighted by Crippen LogP contribution is 2.12. The fraction of sp³-hybridized carbons (Fsp3) is 0.308. The summed E-state index contributed by atoms with van der Waals surface area (Å²) in [4.78, 5) is 13.3. The van der Waals surface area contributed by atoms with Crippen molar-refractivity contribution in [3.05, 3.63) is 36.7 Å². The van der Waals surface area contributed by atoms with Gasteiger partial charge in [0.15, 0.2) is 0 Å². The van der Waals surface area contributed by atoms with Crippen LogP contribution in [0.3, 0.4) is 0 Å². The fourth-order valence-corrected chi connectivity index (χ4v) is 1.56. The smallest absolute Gasteiger partial charge is 0.241 e. The minimum Gasteiger partial charge on any atom is -0.325 e. The molecule has 1 atom stereocenters. The van der Waals surface area contributed by atoms with E-state index in [0.29, 0.717) is 5.69 Å². The van der Waals surface area contributed by atoms with E-state index in [9.17, 15) is 4.79 Å². The van der Waals surface area contributed by atoms with Gasteiger partial charge in [-0.05, 0) is 30.2 Å². The van der Waals surface area contributed by atoms with E-state index in [1.165, 1.54) is 4.80 Å². The largest absolute Gasteiger partial charge is 0.325 e.